The first-order chi connectivity index (χ1) is 5.92. The number of hydrogen-bond donors (Lipinski definition) is 1. The molecule has 1 aliphatic heterocycles. The van der Waals surface area contributed by atoms with Crippen molar-refractivity contribution in [3.63, 3.8) is 0 Å². The molecule has 1 aliphatic rings. The summed E-state index contributed by atoms with van der Waals surface area (Å²) < 4.78 is 7.43. The van der Waals surface area contributed by atoms with Crippen LogP contribution in [0.1, 0.15) is 5.69 Å². The molecule has 0 amide bonds. The fourth-order valence-corrected chi connectivity index (χ4v) is 1.43. The van der Waals surface area contributed by atoms with Crippen molar-refractivity contribution in [3.8, 4) is 6.01 Å². The Bertz CT molecular complexity index is 269. The Morgan fingerprint density at radius 1 is 1.75 bits per heavy atom. The van der Waals surface area contributed by atoms with E-state index >= 15 is 0 Å². The summed E-state index contributed by atoms with van der Waals surface area (Å²) in [5.41, 5.74) is 1.26. The van der Waals surface area contributed by atoms with E-state index in [0.29, 0.717) is 0 Å². The summed E-state index contributed by atoms with van der Waals surface area (Å²) >= 11 is 0. The highest BCUT2D eigenvalue weighted by atomic mass is 16.5. The van der Waals surface area contributed by atoms with Crippen LogP contribution in [0.4, 0.5) is 0 Å². The molecule has 0 atom stereocenters. The largest absolute Gasteiger partial charge is 0.463 e. The molecule has 1 N–H and O–H groups in total. The molecule has 0 aliphatic carbocycles. The lowest BCUT2D eigenvalue weighted by Crippen LogP contribution is -2.12. The van der Waals surface area contributed by atoms with Crippen molar-refractivity contribution in [2.45, 2.75) is 13.0 Å². The van der Waals surface area contributed by atoms with E-state index in [1.54, 1.807) is 0 Å². The highest BCUT2D eigenvalue weighted by Crippen LogP contribution is 2.17. The Hall–Kier alpha value is -1.03. The van der Waals surface area contributed by atoms with Crippen molar-refractivity contribution in [1.82, 2.24) is 14.9 Å². The van der Waals surface area contributed by atoms with E-state index in [2.05, 4.69) is 14.9 Å². The van der Waals surface area contributed by atoms with Crippen LogP contribution in [0.25, 0.3) is 0 Å². The number of fused-ring (bicyclic) bond motifs is 1. The molecule has 0 saturated heterocycles. The van der Waals surface area contributed by atoms with Gasteiger partial charge in [-0.1, -0.05) is 0 Å². The molecule has 0 aromatic carbocycles. The quantitative estimate of drug-likeness (QED) is 0.690. The van der Waals surface area contributed by atoms with E-state index in [-0.39, 0.29) is 0 Å². The smallest absolute Gasteiger partial charge is 0.296 e. The van der Waals surface area contributed by atoms with Crippen LogP contribution >= 0.6 is 0 Å². The van der Waals surface area contributed by atoms with Gasteiger partial charge in [0, 0.05) is 18.7 Å². The predicted octanol–water partition coefficient (Wildman–Crippen LogP) is 0.0374. The Morgan fingerprint density at radius 2 is 2.67 bits per heavy atom. The van der Waals surface area contributed by atoms with Crippen LogP contribution in [0.3, 0.4) is 0 Å². The number of nitrogens with zero attached hydrogens (tertiary/aromatic N) is 2. The lowest BCUT2D eigenvalue weighted by atomic mass is 10.3. The van der Waals surface area contributed by atoms with Gasteiger partial charge < -0.3 is 10.1 Å². The van der Waals surface area contributed by atoms with Gasteiger partial charge in [-0.15, -0.1) is 0 Å². The topological polar surface area (TPSA) is 39.1 Å². The van der Waals surface area contributed by atoms with E-state index in [1.165, 1.54) is 5.69 Å². The van der Waals surface area contributed by atoms with Crippen molar-refractivity contribution in [2.75, 3.05) is 20.2 Å². The average molecular weight is 167 g/mol. The molecule has 2 rings (SSSR count). The minimum Gasteiger partial charge on any atom is -0.463 e. The average Bonchev–Trinajstić information content (AvgIpc) is 2.62. The second-order valence-electron chi connectivity index (χ2n) is 2.89. The van der Waals surface area contributed by atoms with Crippen molar-refractivity contribution in [3.05, 3.63) is 11.9 Å². The summed E-state index contributed by atoms with van der Waals surface area (Å²) in [4.78, 5) is 4.16. The van der Waals surface area contributed by atoms with Gasteiger partial charge in [-0.25, -0.2) is 4.98 Å². The van der Waals surface area contributed by atoms with Crippen LogP contribution in [0.15, 0.2) is 6.20 Å². The Morgan fingerprint density at radius 3 is 3.50 bits per heavy atom. The SMILES string of the molecule is CNCCc1cnc2n1CCO2. The summed E-state index contributed by atoms with van der Waals surface area (Å²) in [6.07, 6.45) is 2.92. The third-order valence-electron chi connectivity index (χ3n) is 2.08. The minimum atomic E-state index is 0.774. The zero-order valence-electron chi connectivity index (χ0n) is 7.21. The molecule has 0 fully saturated rings. The van der Waals surface area contributed by atoms with Gasteiger partial charge >= 0.3 is 0 Å². The Balaban J connectivity index is 2.11. The number of ether oxygens (including phenoxy) is 1. The lowest BCUT2D eigenvalue weighted by Gasteiger charge is -2.00. The van der Waals surface area contributed by atoms with Crippen LogP contribution in [0.5, 0.6) is 6.01 Å². The second kappa shape index (κ2) is 3.15. The number of imidazole rings is 1. The van der Waals surface area contributed by atoms with E-state index in [4.69, 9.17) is 4.74 Å². The maximum absolute atomic E-state index is 5.29. The maximum Gasteiger partial charge on any atom is 0.296 e. The fourth-order valence-electron chi connectivity index (χ4n) is 1.43. The molecule has 0 spiro atoms. The molecule has 0 radical (unpaired) electrons. The van der Waals surface area contributed by atoms with Crippen molar-refractivity contribution in [2.24, 2.45) is 0 Å². The van der Waals surface area contributed by atoms with Crippen LogP contribution in [0.2, 0.25) is 0 Å². The molecule has 12 heavy (non-hydrogen) atoms. The second-order valence-corrected chi connectivity index (χ2v) is 2.89. The van der Waals surface area contributed by atoms with Gasteiger partial charge in [0.15, 0.2) is 0 Å². The number of aromatic nitrogens is 2. The number of nitrogens with one attached hydrogen (secondary N) is 1. The minimum absolute atomic E-state index is 0.774. The molecule has 1 aromatic rings. The van der Waals surface area contributed by atoms with Crippen LogP contribution in [-0.4, -0.2) is 29.8 Å². The molecule has 66 valence electrons. The number of rotatable bonds is 3. The van der Waals surface area contributed by atoms with Gasteiger partial charge in [0.25, 0.3) is 6.01 Å². The van der Waals surface area contributed by atoms with Crippen molar-refractivity contribution >= 4 is 0 Å². The van der Waals surface area contributed by atoms with E-state index < -0.39 is 0 Å². The van der Waals surface area contributed by atoms with Gasteiger partial charge in [0.2, 0.25) is 0 Å². The molecular formula is C8H13N3O. The maximum atomic E-state index is 5.29. The molecule has 4 nitrogen and oxygen atoms in total. The molecular weight excluding hydrogens is 154 g/mol. The van der Waals surface area contributed by atoms with E-state index in [9.17, 15) is 0 Å². The molecule has 1 aromatic heterocycles. The molecule has 0 bridgehead atoms. The summed E-state index contributed by atoms with van der Waals surface area (Å²) in [5.74, 6) is 0. The Labute approximate surface area is 71.6 Å². The van der Waals surface area contributed by atoms with Gasteiger partial charge in [0.05, 0.1) is 12.7 Å². The van der Waals surface area contributed by atoms with Crippen LogP contribution < -0.4 is 10.1 Å². The molecule has 0 unspecified atom stereocenters. The third-order valence-corrected chi connectivity index (χ3v) is 2.08. The van der Waals surface area contributed by atoms with Crippen molar-refractivity contribution < 1.29 is 4.74 Å². The number of likely N-dealkylation sites (N-methyl/N-ethyl adjacent to an activating group) is 1. The van der Waals surface area contributed by atoms with Gasteiger partial charge in [-0.2, -0.15) is 0 Å². The standard InChI is InChI=1S/C8H13N3O/c1-9-3-2-7-6-10-8-11(7)4-5-12-8/h6,9H,2-5H2,1H3. The van der Waals surface area contributed by atoms with Gasteiger partial charge in [0.1, 0.15) is 6.61 Å². The highest BCUT2D eigenvalue weighted by molar-refractivity contribution is 5.12. The summed E-state index contributed by atoms with van der Waals surface area (Å²) in [5, 5.41) is 3.12. The first-order valence-electron chi connectivity index (χ1n) is 4.23. The monoisotopic (exact) mass is 167 g/mol. The normalized spacial score (nSPS) is 14.4. The number of hydrogen-bond acceptors (Lipinski definition) is 3. The zero-order valence-corrected chi connectivity index (χ0v) is 7.21. The summed E-state index contributed by atoms with van der Waals surface area (Å²) in [6.45, 7) is 2.72. The van der Waals surface area contributed by atoms with Crippen LogP contribution in [0, 0.1) is 0 Å². The first-order valence-corrected chi connectivity index (χ1v) is 4.23. The lowest BCUT2D eigenvalue weighted by molar-refractivity contribution is 0.345. The molecule has 0 saturated carbocycles. The molecule has 2 heterocycles. The fraction of sp³-hybridized carbons (Fsp3) is 0.625. The zero-order chi connectivity index (χ0) is 8.39. The van der Waals surface area contributed by atoms with Crippen LogP contribution in [-0.2, 0) is 13.0 Å². The van der Waals surface area contributed by atoms with E-state index in [1.807, 2.05) is 13.2 Å². The molecule has 4 heteroatoms. The van der Waals surface area contributed by atoms with Gasteiger partial charge in [-0.3, -0.25) is 4.57 Å². The van der Waals surface area contributed by atoms with E-state index in [0.717, 1.165) is 32.1 Å². The third kappa shape index (κ3) is 1.18. The predicted molar refractivity (Wildman–Crippen MR) is 45.4 cm³/mol. The van der Waals surface area contributed by atoms with Crippen molar-refractivity contribution in [1.29, 1.82) is 0 Å². The Kier molecular flexibility index (Phi) is 1.99. The van der Waals surface area contributed by atoms with Gasteiger partial charge in [-0.05, 0) is 7.05 Å². The highest BCUT2D eigenvalue weighted by Gasteiger charge is 2.15. The summed E-state index contributed by atoms with van der Waals surface area (Å²) in [6, 6.07) is 0.779. The summed E-state index contributed by atoms with van der Waals surface area (Å²) in [7, 11) is 1.96. The first kappa shape index (κ1) is 7.61.